The van der Waals surface area contributed by atoms with Gasteiger partial charge >= 0.3 is 6.18 Å². The van der Waals surface area contributed by atoms with E-state index in [2.05, 4.69) is 10.4 Å². The summed E-state index contributed by atoms with van der Waals surface area (Å²) in [5, 5.41) is 8.05. The molecule has 5 nitrogen and oxygen atoms in total. The number of ether oxygens (including phenoxy) is 1. The fourth-order valence-corrected chi connectivity index (χ4v) is 2.70. The van der Waals surface area contributed by atoms with E-state index in [1.807, 2.05) is 12.0 Å². The number of benzene rings is 2. The summed E-state index contributed by atoms with van der Waals surface area (Å²) in [4.78, 5) is 12.2. The van der Waals surface area contributed by atoms with Crippen molar-refractivity contribution in [3.05, 3.63) is 71.9 Å². The van der Waals surface area contributed by atoms with Gasteiger partial charge in [-0.25, -0.2) is 0 Å². The first kappa shape index (κ1) is 20.2. The van der Waals surface area contributed by atoms with Crippen LogP contribution in [-0.4, -0.2) is 22.7 Å². The Morgan fingerprint density at radius 2 is 1.83 bits per heavy atom. The second-order valence-electron chi connectivity index (χ2n) is 6.01. The topological polar surface area (TPSA) is 67.0 Å². The van der Waals surface area contributed by atoms with Crippen molar-refractivity contribution in [2.45, 2.75) is 13.1 Å². The Bertz CT molecular complexity index is 994. The van der Waals surface area contributed by atoms with Gasteiger partial charge in [0.1, 0.15) is 11.4 Å². The molecule has 0 saturated heterocycles. The number of H-pyrrole nitrogens is 1. The van der Waals surface area contributed by atoms with E-state index in [9.17, 15) is 18.0 Å². The van der Waals surface area contributed by atoms with Gasteiger partial charge in [-0.15, -0.1) is 0 Å². The Balaban J connectivity index is 1.81. The third-order valence-electron chi connectivity index (χ3n) is 3.97. The highest BCUT2D eigenvalue weighted by Gasteiger charge is 2.38. The molecule has 2 N–H and O–H groups in total. The average Bonchev–Trinajstić information content (AvgIpc) is 3.12. The number of nitrogens with one attached hydrogen (secondary N) is 2. The number of nitrogens with zero attached hydrogens (tertiary/aromatic N) is 1. The minimum Gasteiger partial charge on any atom is -0.494 e. The Morgan fingerprint density at radius 1 is 1.14 bits per heavy atom. The predicted octanol–water partition coefficient (Wildman–Crippen LogP) is 5.15. The first-order valence-electron chi connectivity index (χ1n) is 8.81. The van der Waals surface area contributed by atoms with Gasteiger partial charge in [-0.05, 0) is 36.3 Å². The van der Waals surface area contributed by atoms with Gasteiger partial charge in [-0.1, -0.05) is 42.5 Å². The van der Waals surface area contributed by atoms with Gasteiger partial charge in [-0.2, -0.15) is 18.3 Å². The number of aromatic amines is 1. The average molecular weight is 401 g/mol. The molecule has 0 aliphatic carbocycles. The SMILES string of the molecule is CCOc1ccc(/C=C/C(=O)Nc2n[nH]c(C(F)(F)F)c2-c2ccccc2)cc1. The molecule has 0 bridgehead atoms. The van der Waals surface area contributed by atoms with E-state index in [1.165, 1.54) is 18.2 Å². The lowest BCUT2D eigenvalue weighted by Crippen LogP contribution is -2.10. The molecule has 0 unspecified atom stereocenters. The summed E-state index contributed by atoms with van der Waals surface area (Å²) in [7, 11) is 0. The first-order valence-corrected chi connectivity index (χ1v) is 8.81. The molecule has 29 heavy (non-hydrogen) atoms. The van der Waals surface area contributed by atoms with E-state index >= 15 is 0 Å². The monoisotopic (exact) mass is 401 g/mol. The Hall–Kier alpha value is -3.55. The van der Waals surface area contributed by atoms with Gasteiger partial charge in [0.05, 0.1) is 12.2 Å². The van der Waals surface area contributed by atoms with Crippen LogP contribution in [-0.2, 0) is 11.0 Å². The van der Waals surface area contributed by atoms with Crippen LogP contribution in [0.5, 0.6) is 5.75 Å². The van der Waals surface area contributed by atoms with Gasteiger partial charge in [-0.3, -0.25) is 9.89 Å². The van der Waals surface area contributed by atoms with E-state index in [1.54, 1.807) is 48.5 Å². The van der Waals surface area contributed by atoms with Gasteiger partial charge in [0.2, 0.25) is 5.91 Å². The third kappa shape index (κ3) is 5.04. The molecule has 0 radical (unpaired) electrons. The lowest BCUT2D eigenvalue weighted by atomic mass is 10.1. The summed E-state index contributed by atoms with van der Waals surface area (Å²) < 4.78 is 45.3. The second kappa shape index (κ2) is 8.64. The van der Waals surface area contributed by atoms with E-state index in [0.29, 0.717) is 17.9 Å². The van der Waals surface area contributed by atoms with E-state index in [4.69, 9.17) is 4.74 Å². The molecule has 2 aromatic carbocycles. The number of alkyl halides is 3. The highest BCUT2D eigenvalue weighted by atomic mass is 19.4. The zero-order valence-corrected chi connectivity index (χ0v) is 15.5. The quantitative estimate of drug-likeness (QED) is 0.562. The largest absolute Gasteiger partial charge is 0.494 e. The molecule has 3 rings (SSSR count). The lowest BCUT2D eigenvalue weighted by Gasteiger charge is -2.09. The molecular weight excluding hydrogens is 383 g/mol. The normalized spacial score (nSPS) is 11.6. The van der Waals surface area contributed by atoms with Crippen molar-refractivity contribution in [2.75, 3.05) is 11.9 Å². The lowest BCUT2D eigenvalue weighted by molar-refractivity contribution is -0.140. The summed E-state index contributed by atoms with van der Waals surface area (Å²) in [5.41, 5.74) is -0.195. The number of amides is 1. The second-order valence-corrected chi connectivity index (χ2v) is 6.01. The number of anilines is 1. The van der Waals surface area contributed by atoms with Crippen molar-refractivity contribution >= 4 is 17.8 Å². The summed E-state index contributed by atoms with van der Waals surface area (Å²) >= 11 is 0. The van der Waals surface area contributed by atoms with Crippen LogP contribution in [0.1, 0.15) is 18.2 Å². The number of aromatic nitrogens is 2. The van der Waals surface area contributed by atoms with Crippen LogP contribution in [0.3, 0.4) is 0 Å². The van der Waals surface area contributed by atoms with Crippen molar-refractivity contribution in [3.8, 4) is 16.9 Å². The molecule has 0 spiro atoms. The molecule has 1 aromatic heterocycles. The summed E-state index contributed by atoms with van der Waals surface area (Å²) in [6.07, 6.45) is -1.86. The molecule has 3 aromatic rings. The van der Waals surface area contributed by atoms with Crippen molar-refractivity contribution < 1.29 is 22.7 Å². The van der Waals surface area contributed by atoms with Crippen LogP contribution in [0.4, 0.5) is 19.0 Å². The van der Waals surface area contributed by atoms with Crippen molar-refractivity contribution in [1.82, 2.24) is 10.2 Å². The van der Waals surface area contributed by atoms with Crippen LogP contribution in [0.2, 0.25) is 0 Å². The van der Waals surface area contributed by atoms with E-state index < -0.39 is 17.8 Å². The standard InChI is InChI=1S/C21H18F3N3O2/c1-2-29-16-11-8-14(9-12-16)10-13-17(28)25-20-18(15-6-4-3-5-7-15)19(26-27-20)21(22,23)24/h3-13H,2H2,1H3,(H2,25,26,27,28)/b13-10+. The number of carbonyl (C=O) groups is 1. The molecule has 1 amide bonds. The van der Waals surface area contributed by atoms with Gasteiger partial charge in [0, 0.05) is 6.08 Å². The van der Waals surface area contributed by atoms with Gasteiger partial charge < -0.3 is 10.1 Å². The highest BCUT2D eigenvalue weighted by molar-refractivity contribution is 6.03. The Labute approximate surface area is 165 Å². The molecule has 150 valence electrons. The van der Waals surface area contributed by atoms with Gasteiger partial charge in [0.15, 0.2) is 5.82 Å². The highest BCUT2D eigenvalue weighted by Crippen LogP contribution is 2.39. The Morgan fingerprint density at radius 3 is 2.45 bits per heavy atom. The Kier molecular flexibility index (Phi) is 6.01. The maximum absolute atomic E-state index is 13.3. The van der Waals surface area contributed by atoms with Crippen LogP contribution < -0.4 is 10.1 Å². The van der Waals surface area contributed by atoms with Crippen molar-refractivity contribution in [2.24, 2.45) is 0 Å². The van der Waals surface area contributed by atoms with Crippen LogP contribution in [0.25, 0.3) is 17.2 Å². The van der Waals surface area contributed by atoms with Crippen molar-refractivity contribution in [3.63, 3.8) is 0 Å². The zero-order valence-electron chi connectivity index (χ0n) is 15.5. The molecule has 0 saturated carbocycles. The van der Waals surface area contributed by atoms with Crippen molar-refractivity contribution in [1.29, 1.82) is 0 Å². The smallest absolute Gasteiger partial charge is 0.433 e. The number of hydrogen-bond donors (Lipinski definition) is 2. The first-order chi connectivity index (χ1) is 13.9. The molecule has 0 aliphatic rings. The molecular formula is C21H18F3N3O2. The maximum atomic E-state index is 13.3. The number of halogens is 3. The van der Waals surface area contributed by atoms with Crippen LogP contribution >= 0.6 is 0 Å². The van der Waals surface area contributed by atoms with Crippen LogP contribution in [0, 0.1) is 0 Å². The number of hydrogen-bond acceptors (Lipinski definition) is 3. The molecule has 0 atom stereocenters. The zero-order chi connectivity index (χ0) is 20.9. The van der Waals surface area contributed by atoms with Crippen LogP contribution in [0.15, 0.2) is 60.7 Å². The summed E-state index contributed by atoms with van der Waals surface area (Å²) in [6, 6.07) is 15.0. The van der Waals surface area contributed by atoms with Gasteiger partial charge in [0.25, 0.3) is 0 Å². The predicted molar refractivity (Wildman–Crippen MR) is 104 cm³/mol. The number of rotatable bonds is 6. The molecule has 0 aliphatic heterocycles. The summed E-state index contributed by atoms with van der Waals surface area (Å²) in [5.74, 6) is -0.0843. The minimum absolute atomic E-state index is 0.190. The molecule has 1 heterocycles. The molecule has 0 fully saturated rings. The maximum Gasteiger partial charge on any atom is 0.433 e. The summed E-state index contributed by atoms with van der Waals surface area (Å²) in [6.45, 7) is 2.42. The van der Waals surface area contributed by atoms with E-state index in [-0.39, 0.29) is 11.4 Å². The fourth-order valence-electron chi connectivity index (χ4n) is 2.70. The minimum atomic E-state index is -4.64. The number of carbonyl (C=O) groups excluding carboxylic acids is 1. The van der Waals surface area contributed by atoms with E-state index in [0.717, 1.165) is 5.56 Å². The fraction of sp³-hybridized carbons (Fsp3) is 0.143. The third-order valence-corrected chi connectivity index (χ3v) is 3.97. The molecule has 8 heteroatoms.